The molecule has 5 nitrogen and oxygen atoms in total. The largest absolute Gasteiger partial charge is 0.370 e. The van der Waals surface area contributed by atoms with Crippen LogP contribution in [0.25, 0.3) is 0 Å². The lowest BCUT2D eigenvalue weighted by atomic mass is 9.79. The molecule has 1 fully saturated rings. The van der Waals surface area contributed by atoms with Crippen molar-refractivity contribution in [2.45, 2.75) is 19.3 Å². The highest BCUT2D eigenvalue weighted by Crippen LogP contribution is 2.50. The Morgan fingerprint density at radius 2 is 1.81 bits per heavy atom. The summed E-state index contributed by atoms with van der Waals surface area (Å²) in [4.78, 5) is 22.2. The van der Waals surface area contributed by atoms with Crippen LogP contribution in [0.2, 0.25) is 0 Å². The molecule has 4 atom stereocenters. The molecule has 5 heteroatoms. The topological polar surface area (TPSA) is 92.4 Å². The normalized spacial score (nSPS) is 35.3. The summed E-state index contributed by atoms with van der Waals surface area (Å²) in [5, 5.41) is 8.52. The van der Waals surface area contributed by atoms with E-state index in [1.165, 1.54) is 0 Å². The van der Waals surface area contributed by atoms with Gasteiger partial charge in [-0.1, -0.05) is 12.2 Å². The maximum atomic E-state index is 11.2. The predicted octanol–water partition coefficient (Wildman–Crippen LogP) is 0.196. The van der Waals surface area contributed by atoms with E-state index in [1.807, 2.05) is 0 Å². The van der Waals surface area contributed by atoms with E-state index < -0.39 is 0 Å². The van der Waals surface area contributed by atoms with Gasteiger partial charge in [-0.25, -0.2) is 5.48 Å². The summed E-state index contributed by atoms with van der Waals surface area (Å²) < 4.78 is 0. The molecule has 0 aliphatic heterocycles. The van der Waals surface area contributed by atoms with Crippen molar-refractivity contribution in [1.29, 1.82) is 0 Å². The maximum Gasteiger partial charge on any atom is 0.243 e. The smallest absolute Gasteiger partial charge is 0.243 e. The Hall–Kier alpha value is -1.36. The van der Waals surface area contributed by atoms with Gasteiger partial charge in [0.2, 0.25) is 11.8 Å². The maximum absolute atomic E-state index is 11.2. The first kappa shape index (κ1) is 11.1. The van der Waals surface area contributed by atoms with Gasteiger partial charge in [0.05, 0.1) is 0 Å². The predicted molar refractivity (Wildman–Crippen MR) is 56.1 cm³/mol. The van der Waals surface area contributed by atoms with Gasteiger partial charge < -0.3 is 5.73 Å². The summed E-state index contributed by atoms with van der Waals surface area (Å²) in [5.74, 6) is 0.306. The Bertz CT molecular complexity index is 340. The Morgan fingerprint density at radius 3 is 2.31 bits per heavy atom. The molecule has 0 aromatic rings. The number of hydroxylamine groups is 1. The molecule has 2 aliphatic rings. The summed E-state index contributed by atoms with van der Waals surface area (Å²) in [7, 11) is 0. The van der Waals surface area contributed by atoms with Crippen LogP contribution >= 0.6 is 0 Å². The van der Waals surface area contributed by atoms with E-state index >= 15 is 0 Å². The molecule has 88 valence electrons. The van der Waals surface area contributed by atoms with Gasteiger partial charge in [-0.3, -0.25) is 14.8 Å². The van der Waals surface area contributed by atoms with Crippen molar-refractivity contribution in [3.05, 3.63) is 12.2 Å². The second-order valence-electron chi connectivity index (χ2n) is 4.69. The second kappa shape index (κ2) is 4.25. The number of hydrogen-bond acceptors (Lipinski definition) is 3. The number of hydrogen-bond donors (Lipinski definition) is 3. The van der Waals surface area contributed by atoms with Crippen LogP contribution in [0.3, 0.4) is 0 Å². The third-order valence-corrected chi connectivity index (χ3v) is 3.78. The molecule has 0 heterocycles. The fraction of sp³-hybridized carbons (Fsp3) is 0.636. The molecule has 0 radical (unpaired) electrons. The summed E-state index contributed by atoms with van der Waals surface area (Å²) in [6.45, 7) is 0. The molecular weight excluding hydrogens is 208 g/mol. The lowest BCUT2D eigenvalue weighted by Gasteiger charge is -2.26. The number of carbonyl (C=O) groups excluding carboxylic acids is 2. The molecule has 4 unspecified atom stereocenters. The van der Waals surface area contributed by atoms with E-state index in [1.54, 1.807) is 5.48 Å². The SMILES string of the molecule is NC(=O)CC1C2C=CC(C2)C1CC(=O)NO. The van der Waals surface area contributed by atoms with Crippen LogP contribution in [0.5, 0.6) is 0 Å². The summed E-state index contributed by atoms with van der Waals surface area (Å²) in [6, 6.07) is 0. The molecule has 16 heavy (non-hydrogen) atoms. The standard InChI is InChI=1S/C11H16N2O3/c12-10(14)4-8-6-1-2-7(3-6)9(8)5-11(15)13-16/h1-2,6-9,16H,3-5H2,(H2,12,14)(H,13,15). The van der Waals surface area contributed by atoms with E-state index in [-0.39, 0.29) is 30.1 Å². The van der Waals surface area contributed by atoms with Crippen molar-refractivity contribution in [1.82, 2.24) is 5.48 Å². The van der Waals surface area contributed by atoms with Crippen LogP contribution in [0, 0.1) is 23.7 Å². The molecule has 0 aromatic carbocycles. The summed E-state index contributed by atoms with van der Waals surface area (Å²) in [6.07, 6.45) is 5.82. The summed E-state index contributed by atoms with van der Waals surface area (Å²) >= 11 is 0. The number of rotatable bonds is 4. The third-order valence-electron chi connectivity index (χ3n) is 3.78. The van der Waals surface area contributed by atoms with E-state index in [0.29, 0.717) is 18.3 Å². The van der Waals surface area contributed by atoms with Gasteiger partial charge in [0.15, 0.2) is 0 Å². The third kappa shape index (κ3) is 1.95. The number of carbonyl (C=O) groups is 2. The number of nitrogens with one attached hydrogen (secondary N) is 1. The van der Waals surface area contributed by atoms with Gasteiger partial charge in [-0.05, 0) is 30.1 Å². The van der Waals surface area contributed by atoms with Crippen LogP contribution in [0.15, 0.2) is 12.2 Å². The molecule has 0 spiro atoms. The van der Waals surface area contributed by atoms with Crippen molar-refractivity contribution in [3.63, 3.8) is 0 Å². The molecule has 2 aliphatic carbocycles. The minimum absolute atomic E-state index is 0.134. The Labute approximate surface area is 93.6 Å². The quantitative estimate of drug-likeness (QED) is 0.361. The molecule has 4 N–H and O–H groups in total. The van der Waals surface area contributed by atoms with E-state index in [0.717, 1.165) is 6.42 Å². The zero-order valence-corrected chi connectivity index (χ0v) is 8.93. The molecule has 2 amide bonds. The fourth-order valence-corrected chi connectivity index (χ4v) is 3.12. The number of amides is 2. The number of nitrogens with two attached hydrogens (primary N) is 1. The minimum Gasteiger partial charge on any atom is -0.370 e. The van der Waals surface area contributed by atoms with Gasteiger partial charge in [-0.2, -0.15) is 0 Å². The van der Waals surface area contributed by atoms with Crippen molar-refractivity contribution in [2.75, 3.05) is 0 Å². The molecule has 0 saturated heterocycles. The average molecular weight is 224 g/mol. The average Bonchev–Trinajstić information content (AvgIpc) is 2.80. The number of primary amides is 1. The van der Waals surface area contributed by atoms with Crippen molar-refractivity contribution in [3.8, 4) is 0 Å². The van der Waals surface area contributed by atoms with Gasteiger partial charge in [0, 0.05) is 12.8 Å². The first-order chi connectivity index (χ1) is 7.61. The summed E-state index contributed by atoms with van der Waals surface area (Å²) in [5.41, 5.74) is 6.86. The molecule has 1 saturated carbocycles. The van der Waals surface area contributed by atoms with Crippen LogP contribution in [0.1, 0.15) is 19.3 Å². The Morgan fingerprint density at radius 1 is 1.25 bits per heavy atom. The highest BCUT2D eigenvalue weighted by atomic mass is 16.5. The highest BCUT2D eigenvalue weighted by Gasteiger charge is 2.45. The second-order valence-corrected chi connectivity index (χ2v) is 4.69. The van der Waals surface area contributed by atoms with Crippen molar-refractivity contribution < 1.29 is 14.8 Å². The lowest BCUT2D eigenvalue weighted by molar-refractivity contribution is -0.131. The first-order valence-electron chi connectivity index (χ1n) is 5.51. The number of allylic oxidation sites excluding steroid dienone is 2. The van der Waals surface area contributed by atoms with E-state index in [2.05, 4.69) is 12.2 Å². The van der Waals surface area contributed by atoms with Gasteiger partial charge in [0.25, 0.3) is 0 Å². The Kier molecular flexibility index (Phi) is 2.96. The highest BCUT2D eigenvalue weighted by molar-refractivity contribution is 5.76. The van der Waals surface area contributed by atoms with Crippen LogP contribution in [-0.2, 0) is 9.59 Å². The molecular formula is C11H16N2O3. The fourth-order valence-electron chi connectivity index (χ4n) is 3.12. The van der Waals surface area contributed by atoms with Gasteiger partial charge in [0.1, 0.15) is 0 Å². The Balaban J connectivity index is 2.06. The van der Waals surface area contributed by atoms with Crippen LogP contribution < -0.4 is 11.2 Å². The molecule has 0 aromatic heterocycles. The van der Waals surface area contributed by atoms with Crippen molar-refractivity contribution in [2.24, 2.45) is 29.4 Å². The lowest BCUT2D eigenvalue weighted by Crippen LogP contribution is -2.30. The first-order valence-corrected chi connectivity index (χ1v) is 5.51. The van der Waals surface area contributed by atoms with Crippen LogP contribution in [0.4, 0.5) is 0 Å². The number of fused-ring (bicyclic) bond motifs is 2. The molecule has 2 rings (SSSR count). The van der Waals surface area contributed by atoms with E-state index in [9.17, 15) is 9.59 Å². The van der Waals surface area contributed by atoms with Gasteiger partial charge in [-0.15, -0.1) is 0 Å². The van der Waals surface area contributed by atoms with Gasteiger partial charge >= 0.3 is 0 Å². The van der Waals surface area contributed by atoms with E-state index in [4.69, 9.17) is 10.9 Å². The minimum atomic E-state index is -0.388. The monoisotopic (exact) mass is 224 g/mol. The zero-order chi connectivity index (χ0) is 11.7. The molecule has 2 bridgehead atoms. The zero-order valence-electron chi connectivity index (χ0n) is 8.93. The van der Waals surface area contributed by atoms with Crippen molar-refractivity contribution >= 4 is 11.8 Å². The van der Waals surface area contributed by atoms with Crippen LogP contribution in [-0.4, -0.2) is 17.0 Å².